The molecule has 106 valence electrons. The Hall–Kier alpha value is -1.30. The number of carbonyl (C=O) groups excluding carboxylic acids is 1. The van der Waals surface area contributed by atoms with Gasteiger partial charge < -0.3 is 19.6 Å². The molecular weight excluding hydrogens is 236 g/mol. The maximum Gasteiger partial charge on any atom is 0.323 e. The van der Waals surface area contributed by atoms with E-state index >= 15 is 0 Å². The molecule has 0 aromatic rings. The summed E-state index contributed by atoms with van der Waals surface area (Å²) in [6.07, 6.45) is 0.896. The molecule has 0 atom stereocenters. The SMILES string of the molecule is COCCN(CC(=O)O)C(=O)N(C)CCC(C)C. The van der Waals surface area contributed by atoms with E-state index < -0.39 is 5.97 Å². The third kappa shape index (κ3) is 7.11. The number of carboxylic acid groups (broad SMARTS) is 1. The van der Waals surface area contributed by atoms with Crippen LogP contribution in [0.4, 0.5) is 4.79 Å². The van der Waals surface area contributed by atoms with Crippen molar-refractivity contribution in [1.29, 1.82) is 0 Å². The fourth-order valence-electron chi connectivity index (χ4n) is 1.40. The quantitative estimate of drug-likeness (QED) is 0.710. The number of amides is 2. The van der Waals surface area contributed by atoms with Crippen LogP contribution in [0.25, 0.3) is 0 Å². The minimum Gasteiger partial charge on any atom is -0.480 e. The lowest BCUT2D eigenvalue weighted by atomic mass is 10.1. The highest BCUT2D eigenvalue weighted by Crippen LogP contribution is 2.03. The second-order valence-electron chi connectivity index (χ2n) is 4.69. The van der Waals surface area contributed by atoms with Gasteiger partial charge in [0.25, 0.3) is 0 Å². The first-order valence-electron chi connectivity index (χ1n) is 6.09. The van der Waals surface area contributed by atoms with E-state index in [0.717, 1.165) is 6.42 Å². The molecule has 0 aromatic carbocycles. The van der Waals surface area contributed by atoms with E-state index in [1.807, 2.05) is 0 Å². The molecule has 0 aliphatic rings. The lowest BCUT2D eigenvalue weighted by Gasteiger charge is -2.27. The van der Waals surface area contributed by atoms with Crippen molar-refractivity contribution in [2.24, 2.45) is 5.92 Å². The molecule has 1 N–H and O–H groups in total. The summed E-state index contributed by atoms with van der Waals surface area (Å²) in [5, 5.41) is 8.78. The summed E-state index contributed by atoms with van der Waals surface area (Å²) in [6.45, 7) is 5.11. The molecule has 0 bridgehead atoms. The summed E-state index contributed by atoms with van der Waals surface area (Å²) in [5.74, 6) is -0.510. The van der Waals surface area contributed by atoms with Crippen LogP contribution in [0.15, 0.2) is 0 Å². The molecule has 0 heterocycles. The zero-order valence-corrected chi connectivity index (χ0v) is 11.7. The van der Waals surface area contributed by atoms with Gasteiger partial charge >= 0.3 is 12.0 Å². The summed E-state index contributed by atoms with van der Waals surface area (Å²) in [7, 11) is 3.21. The van der Waals surface area contributed by atoms with E-state index in [0.29, 0.717) is 19.1 Å². The van der Waals surface area contributed by atoms with Gasteiger partial charge in [-0.1, -0.05) is 13.8 Å². The molecule has 6 nitrogen and oxygen atoms in total. The Kier molecular flexibility index (Phi) is 8.11. The number of methoxy groups -OCH3 is 1. The Morgan fingerprint density at radius 3 is 2.33 bits per heavy atom. The first-order chi connectivity index (χ1) is 8.38. The first kappa shape index (κ1) is 16.7. The van der Waals surface area contributed by atoms with Gasteiger partial charge in [-0.25, -0.2) is 4.79 Å². The van der Waals surface area contributed by atoms with Gasteiger partial charge in [-0.2, -0.15) is 0 Å². The minimum absolute atomic E-state index is 0.268. The highest BCUT2D eigenvalue weighted by atomic mass is 16.5. The van der Waals surface area contributed by atoms with Crippen molar-refractivity contribution in [2.45, 2.75) is 20.3 Å². The molecule has 0 saturated heterocycles. The second-order valence-corrected chi connectivity index (χ2v) is 4.69. The molecule has 0 radical (unpaired) electrons. The van der Waals surface area contributed by atoms with Crippen LogP contribution in [0.1, 0.15) is 20.3 Å². The molecule has 0 fully saturated rings. The van der Waals surface area contributed by atoms with Crippen LogP contribution >= 0.6 is 0 Å². The molecule has 6 heteroatoms. The Morgan fingerprint density at radius 1 is 1.28 bits per heavy atom. The Balaban J connectivity index is 4.37. The molecule has 0 unspecified atom stereocenters. The number of hydrogen-bond donors (Lipinski definition) is 1. The van der Waals surface area contributed by atoms with Gasteiger partial charge in [0, 0.05) is 27.2 Å². The number of hydrogen-bond acceptors (Lipinski definition) is 3. The Morgan fingerprint density at radius 2 is 1.89 bits per heavy atom. The maximum atomic E-state index is 12.0. The average Bonchev–Trinajstić information content (AvgIpc) is 2.29. The van der Waals surface area contributed by atoms with Crippen molar-refractivity contribution in [3.8, 4) is 0 Å². The molecule has 0 rings (SSSR count). The van der Waals surface area contributed by atoms with E-state index in [1.165, 1.54) is 12.0 Å². The summed E-state index contributed by atoms with van der Waals surface area (Å²) in [5.41, 5.74) is 0. The fourth-order valence-corrected chi connectivity index (χ4v) is 1.40. The van der Waals surface area contributed by atoms with Crippen LogP contribution in [0.2, 0.25) is 0 Å². The van der Waals surface area contributed by atoms with Crippen molar-refractivity contribution in [3.63, 3.8) is 0 Å². The molecule has 18 heavy (non-hydrogen) atoms. The van der Waals surface area contributed by atoms with Crippen LogP contribution in [-0.2, 0) is 9.53 Å². The highest BCUT2D eigenvalue weighted by molar-refractivity contribution is 5.80. The zero-order valence-electron chi connectivity index (χ0n) is 11.7. The van der Waals surface area contributed by atoms with Crippen LogP contribution in [0.5, 0.6) is 0 Å². The topological polar surface area (TPSA) is 70.1 Å². The van der Waals surface area contributed by atoms with E-state index in [2.05, 4.69) is 13.8 Å². The lowest BCUT2D eigenvalue weighted by Crippen LogP contribution is -2.45. The first-order valence-corrected chi connectivity index (χ1v) is 6.09. The molecule has 0 aliphatic carbocycles. The second kappa shape index (κ2) is 8.74. The number of carbonyl (C=O) groups is 2. The van der Waals surface area contributed by atoms with Gasteiger partial charge in [0.15, 0.2) is 0 Å². The third-order valence-electron chi connectivity index (χ3n) is 2.53. The summed E-state index contributed by atoms with van der Waals surface area (Å²) in [6, 6.07) is -0.268. The van der Waals surface area contributed by atoms with Crippen molar-refractivity contribution >= 4 is 12.0 Å². The van der Waals surface area contributed by atoms with E-state index in [4.69, 9.17) is 9.84 Å². The summed E-state index contributed by atoms with van der Waals surface area (Å²) < 4.78 is 4.88. The smallest absolute Gasteiger partial charge is 0.323 e. The van der Waals surface area contributed by atoms with Crippen molar-refractivity contribution < 1.29 is 19.4 Å². The average molecular weight is 260 g/mol. The molecule has 0 spiro atoms. The van der Waals surface area contributed by atoms with E-state index in [-0.39, 0.29) is 19.1 Å². The monoisotopic (exact) mass is 260 g/mol. The molecule has 0 aromatic heterocycles. The molecule has 2 amide bonds. The summed E-state index contributed by atoms with van der Waals surface area (Å²) in [4.78, 5) is 25.6. The van der Waals surface area contributed by atoms with Gasteiger partial charge in [-0.15, -0.1) is 0 Å². The fraction of sp³-hybridized carbons (Fsp3) is 0.833. The Labute approximate surface area is 109 Å². The zero-order chi connectivity index (χ0) is 14.1. The molecule has 0 saturated carbocycles. The number of ether oxygens (including phenoxy) is 1. The van der Waals surface area contributed by atoms with E-state index in [1.54, 1.807) is 11.9 Å². The highest BCUT2D eigenvalue weighted by Gasteiger charge is 2.20. The number of rotatable bonds is 8. The van der Waals surface area contributed by atoms with Crippen LogP contribution in [0.3, 0.4) is 0 Å². The van der Waals surface area contributed by atoms with Crippen LogP contribution < -0.4 is 0 Å². The van der Waals surface area contributed by atoms with Gasteiger partial charge in [0.1, 0.15) is 6.54 Å². The van der Waals surface area contributed by atoms with E-state index in [9.17, 15) is 9.59 Å². The van der Waals surface area contributed by atoms with Gasteiger partial charge in [0.05, 0.1) is 6.61 Å². The Bertz CT molecular complexity index is 269. The molecule has 0 aliphatic heterocycles. The van der Waals surface area contributed by atoms with Gasteiger partial charge in [-0.3, -0.25) is 4.79 Å². The van der Waals surface area contributed by atoms with Gasteiger partial charge in [-0.05, 0) is 12.3 Å². The van der Waals surface area contributed by atoms with Crippen molar-refractivity contribution in [2.75, 3.05) is 40.4 Å². The number of carboxylic acids is 1. The van der Waals surface area contributed by atoms with Gasteiger partial charge in [0.2, 0.25) is 0 Å². The summed E-state index contributed by atoms with van der Waals surface area (Å²) >= 11 is 0. The number of nitrogens with zero attached hydrogens (tertiary/aromatic N) is 2. The van der Waals surface area contributed by atoms with Crippen LogP contribution in [-0.4, -0.2) is 67.3 Å². The predicted molar refractivity (Wildman–Crippen MR) is 68.6 cm³/mol. The van der Waals surface area contributed by atoms with Crippen LogP contribution in [0, 0.1) is 5.92 Å². The van der Waals surface area contributed by atoms with Crippen molar-refractivity contribution in [1.82, 2.24) is 9.80 Å². The number of urea groups is 1. The largest absolute Gasteiger partial charge is 0.480 e. The van der Waals surface area contributed by atoms with Crippen molar-refractivity contribution in [3.05, 3.63) is 0 Å². The molecular formula is C12H24N2O4. The standard InChI is InChI=1S/C12H24N2O4/c1-10(2)5-6-13(3)12(17)14(7-8-18-4)9-11(15)16/h10H,5-9H2,1-4H3,(H,15,16). The predicted octanol–water partition coefficient (Wildman–Crippen LogP) is 1.12. The normalized spacial score (nSPS) is 10.5. The minimum atomic E-state index is -1.02. The lowest BCUT2D eigenvalue weighted by molar-refractivity contribution is -0.137. The number of aliphatic carboxylic acids is 1. The maximum absolute atomic E-state index is 12.0. The third-order valence-corrected chi connectivity index (χ3v) is 2.53.